The van der Waals surface area contributed by atoms with E-state index in [0.29, 0.717) is 0 Å². The number of rotatable bonds is 5. The molecule has 0 spiro atoms. The fourth-order valence-electron chi connectivity index (χ4n) is 2.80. The van der Waals surface area contributed by atoms with Crippen LogP contribution in [-0.2, 0) is 4.79 Å². The van der Waals surface area contributed by atoms with Crippen molar-refractivity contribution in [3.8, 4) is 0 Å². The Morgan fingerprint density at radius 2 is 1.73 bits per heavy atom. The second-order valence-electron chi connectivity index (χ2n) is 6.58. The summed E-state index contributed by atoms with van der Waals surface area (Å²) in [6.45, 7) is 10.9. The normalized spacial score (nSPS) is 19.7. The Balaban J connectivity index is 0.00000441. The SMILES string of the molecule is CC1=C(/C=C/C(C)=C/C=C/C(C)=C/C=O)C(C)(C)CCC1.[PbH2]. The van der Waals surface area contributed by atoms with E-state index in [-0.39, 0.29) is 32.7 Å². The average molecular weight is 494 g/mol. The summed E-state index contributed by atoms with van der Waals surface area (Å²) in [6.07, 6.45) is 16.6. The molecule has 0 saturated carbocycles. The number of aldehydes is 1. The molecule has 0 heterocycles. The Labute approximate surface area is 156 Å². The number of hydrogen-bond donors (Lipinski definition) is 0. The first kappa shape index (κ1) is 21.3. The molecule has 0 amide bonds. The zero-order valence-electron chi connectivity index (χ0n) is 14.8. The van der Waals surface area contributed by atoms with Gasteiger partial charge in [-0.1, -0.05) is 55.4 Å². The van der Waals surface area contributed by atoms with Gasteiger partial charge in [-0.15, -0.1) is 0 Å². The summed E-state index contributed by atoms with van der Waals surface area (Å²) >= 11 is 0. The van der Waals surface area contributed by atoms with Crippen molar-refractivity contribution in [1.29, 1.82) is 0 Å². The molecular formula is C20H30OPb. The molecule has 2 radical (unpaired) electrons. The van der Waals surface area contributed by atoms with Crippen molar-refractivity contribution in [3.05, 3.63) is 58.7 Å². The summed E-state index contributed by atoms with van der Waals surface area (Å²) in [4.78, 5) is 10.3. The van der Waals surface area contributed by atoms with E-state index in [1.54, 1.807) is 6.08 Å². The Morgan fingerprint density at radius 3 is 2.32 bits per heavy atom. The first-order valence-corrected chi connectivity index (χ1v) is 7.72. The number of allylic oxidation sites excluding steroid dienone is 10. The van der Waals surface area contributed by atoms with Crippen LogP contribution in [0.1, 0.15) is 53.9 Å². The fourth-order valence-corrected chi connectivity index (χ4v) is 2.80. The van der Waals surface area contributed by atoms with E-state index in [0.717, 1.165) is 11.9 Å². The van der Waals surface area contributed by atoms with E-state index < -0.39 is 0 Å². The number of carbonyl (C=O) groups is 1. The van der Waals surface area contributed by atoms with Crippen LogP contribution >= 0.6 is 0 Å². The van der Waals surface area contributed by atoms with Gasteiger partial charge >= 0.3 is 27.3 Å². The molecule has 120 valence electrons. The Hall–Kier alpha value is -0.708. The van der Waals surface area contributed by atoms with Crippen LogP contribution in [0.3, 0.4) is 0 Å². The second kappa shape index (κ2) is 10.1. The molecular weight excluding hydrogens is 463 g/mol. The van der Waals surface area contributed by atoms with Crippen LogP contribution in [0.15, 0.2) is 58.7 Å². The second-order valence-corrected chi connectivity index (χ2v) is 6.58. The molecule has 0 aliphatic heterocycles. The molecule has 0 atom stereocenters. The molecule has 0 N–H and O–H groups in total. The average Bonchev–Trinajstić information content (AvgIpc) is 2.37. The fraction of sp³-hybridized carbons (Fsp3) is 0.450. The zero-order chi connectivity index (χ0) is 15.9. The maximum absolute atomic E-state index is 10.3. The molecule has 0 fully saturated rings. The van der Waals surface area contributed by atoms with E-state index in [1.165, 1.54) is 36.0 Å². The van der Waals surface area contributed by atoms with E-state index in [2.05, 4.69) is 45.9 Å². The van der Waals surface area contributed by atoms with E-state index >= 15 is 0 Å². The monoisotopic (exact) mass is 494 g/mol. The van der Waals surface area contributed by atoms with Gasteiger partial charge in [-0.25, -0.2) is 0 Å². The molecule has 0 aromatic carbocycles. The molecule has 0 aromatic rings. The molecule has 0 saturated heterocycles. The van der Waals surface area contributed by atoms with Crippen molar-refractivity contribution < 1.29 is 4.79 Å². The third kappa shape index (κ3) is 7.03. The predicted molar refractivity (Wildman–Crippen MR) is 101 cm³/mol. The molecule has 0 unspecified atom stereocenters. The van der Waals surface area contributed by atoms with Gasteiger partial charge in [0.05, 0.1) is 0 Å². The molecule has 1 aliphatic carbocycles. The summed E-state index contributed by atoms with van der Waals surface area (Å²) < 4.78 is 0. The number of carbonyl (C=O) groups excluding carboxylic acids is 1. The first-order valence-electron chi connectivity index (χ1n) is 7.72. The molecule has 0 bridgehead atoms. The molecule has 1 nitrogen and oxygen atoms in total. The van der Waals surface area contributed by atoms with E-state index in [9.17, 15) is 4.79 Å². The van der Waals surface area contributed by atoms with Crippen molar-refractivity contribution in [2.24, 2.45) is 5.41 Å². The van der Waals surface area contributed by atoms with Gasteiger partial charge in [0, 0.05) is 0 Å². The third-order valence-corrected chi connectivity index (χ3v) is 4.10. The van der Waals surface area contributed by atoms with Crippen LogP contribution in [0.5, 0.6) is 0 Å². The number of hydrogen-bond acceptors (Lipinski definition) is 1. The van der Waals surface area contributed by atoms with Crippen LogP contribution in [0.25, 0.3) is 0 Å². The molecule has 1 rings (SSSR count). The van der Waals surface area contributed by atoms with Crippen LogP contribution in [0, 0.1) is 5.41 Å². The van der Waals surface area contributed by atoms with E-state index in [4.69, 9.17) is 0 Å². The van der Waals surface area contributed by atoms with Gasteiger partial charge in [-0.05, 0) is 62.7 Å². The summed E-state index contributed by atoms with van der Waals surface area (Å²) in [7, 11) is 0. The quantitative estimate of drug-likeness (QED) is 0.233. The van der Waals surface area contributed by atoms with Crippen LogP contribution < -0.4 is 0 Å². The molecule has 2 heteroatoms. The molecule has 0 aromatic heterocycles. The van der Waals surface area contributed by atoms with Gasteiger partial charge in [0.15, 0.2) is 0 Å². The van der Waals surface area contributed by atoms with Crippen molar-refractivity contribution >= 4 is 33.6 Å². The van der Waals surface area contributed by atoms with E-state index in [1.807, 2.05) is 19.1 Å². The predicted octanol–water partition coefficient (Wildman–Crippen LogP) is 4.80. The van der Waals surface area contributed by atoms with Crippen molar-refractivity contribution in [1.82, 2.24) is 0 Å². The minimum atomic E-state index is 0. The van der Waals surface area contributed by atoms with Gasteiger partial charge in [0.25, 0.3) is 0 Å². The molecule has 22 heavy (non-hydrogen) atoms. The Morgan fingerprint density at radius 1 is 1.09 bits per heavy atom. The van der Waals surface area contributed by atoms with Gasteiger partial charge in [0.2, 0.25) is 0 Å². The zero-order valence-corrected chi connectivity index (χ0v) is 20.3. The summed E-state index contributed by atoms with van der Waals surface area (Å²) in [5.74, 6) is 0. The van der Waals surface area contributed by atoms with Crippen molar-refractivity contribution in [2.45, 2.75) is 53.9 Å². The Kier molecular flexibility index (Phi) is 9.81. The summed E-state index contributed by atoms with van der Waals surface area (Å²) in [6, 6.07) is 0. The van der Waals surface area contributed by atoms with Crippen LogP contribution in [0.4, 0.5) is 0 Å². The summed E-state index contributed by atoms with van der Waals surface area (Å²) in [5.41, 5.74) is 5.48. The van der Waals surface area contributed by atoms with Gasteiger partial charge in [-0.3, -0.25) is 4.79 Å². The Bertz CT molecular complexity index is 528. The van der Waals surface area contributed by atoms with Crippen LogP contribution in [0.2, 0.25) is 0 Å². The van der Waals surface area contributed by atoms with Crippen molar-refractivity contribution in [2.75, 3.05) is 0 Å². The first-order chi connectivity index (χ1) is 9.86. The summed E-state index contributed by atoms with van der Waals surface area (Å²) in [5, 5.41) is 0. The topological polar surface area (TPSA) is 17.1 Å². The van der Waals surface area contributed by atoms with Crippen LogP contribution in [-0.4, -0.2) is 33.6 Å². The van der Waals surface area contributed by atoms with Gasteiger partial charge in [0.1, 0.15) is 6.29 Å². The minimum absolute atomic E-state index is 0. The third-order valence-electron chi connectivity index (χ3n) is 4.10. The molecule has 1 aliphatic rings. The van der Waals surface area contributed by atoms with Crippen molar-refractivity contribution in [3.63, 3.8) is 0 Å². The van der Waals surface area contributed by atoms with Gasteiger partial charge in [-0.2, -0.15) is 0 Å². The maximum atomic E-state index is 10.3. The van der Waals surface area contributed by atoms with Gasteiger partial charge < -0.3 is 0 Å². The standard InChI is InChI=1S/C20H28O.Pb.2H/c1-16(8-6-9-17(2)13-15-21)11-12-19-18(3)10-7-14-20(19,4)5;;;/h6,8-9,11-13,15H,7,10,14H2,1-5H3;;;/b9-6+,12-11+,16-8+,17-13+;;;.